The van der Waals surface area contributed by atoms with Gasteiger partial charge in [0.05, 0.1) is 6.10 Å². The fourth-order valence-electron chi connectivity index (χ4n) is 2.11. The van der Waals surface area contributed by atoms with E-state index in [-0.39, 0.29) is 24.1 Å². The van der Waals surface area contributed by atoms with Crippen LogP contribution in [0.2, 0.25) is 0 Å². The molecule has 112 valence electrons. The van der Waals surface area contributed by atoms with Gasteiger partial charge < -0.3 is 4.74 Å². The third-order valence-corrected chi connectivity index (χ3v) is 6.60. The molecule has 0 aromatic heterocycles. The normalized spacial score (nSPS) is 21.2. The van der Waals surface area contributed by atoms with Crippen LogP contribution in [0, 0.1) is 0 Å². The largest absolute Gasteiger partial charge is 0.380 e. The Morgan fingerprint density at radius 1 is 1.20 bits per heavy atom. The van der Waals surface area contributed by atoms with E-state index in [0.717, 1.165) is 0 Å². The molecule has 0 spiro atoms. The Bertz CT molecular complexity index is 701. The summed E-state index contributed by atoms with van der Waals surface area (Å²) in [6, 6.07) is 5.31. The van der Waals surface area contributed by atoms with Crippen LogP contribution in [0.5, 0.6) is 0 Å². The summed E-state index contributed by atoms with van der Waals surface area (Å²) in [5.74, 6) is 0. The number of halogens is 1. The molecule has 20 heavy (non-hydrogen) atoms. The van der Waals surface area contributed by atoms with Crippen LogP contribution in [0.25, 0.3) is 0 Å². The van der Waals surface area contributed by atoms with Crippen LogP contribution in [0.3, 0.4) is 0 Å². The van der Waals surface area contributed by atoms with Crippen molar-refractivity contribution in [2.45, 2.75) is 22.3 Å². The first-order chi connectivity index (χ1) is 9.26. The van der Waals surface area contributed by atoms with E-state index in [1.54, 1.807) is 0 Å². The topological polar surface area (TPSA) is 80.8 Å². The molecular weight excluding hydrogens is 326 g/mol. The molecule has 1 aliphatic heterocycles. The van der Waals surface area contributed by atoms with Gasteiger partial charge in [-0.2, -0.15) is 4.31 Å². The Kier molecular flexibility index (Phi) is 4.41. The van der Waals surface area contributed by atoms with Gasteiger partial charge in [0.2, 0.25) is 10.0 Å². The van der Waals surface area contributed by atoms with Crippen molar-refractivity contribution in [2.75, 3.05) is 20.2 Å². The van der Waals surface area contributed by atoms with Gasteiger partial charge in [-0.1, -0.05) is 12.1 Å². The number of hydrogen-bond donors (Lipinski definition) is 0. The Hall–Kier alpha value is -0.670. The summed E-state index contributed by atoms with van der Waals surface area (Å²) in [4.78, 5) is -0.700. The molecule has 0 N–H and O–H groups in total. The van der Waals surface area contributed by atoms with E-state index in [1.807, 2.05) is 0 Å². The number of sulfonamides is 1. The lowest BCUT2D eigenvalue weighted by molar-refractivity contribution is 0.115. The molecule has 9 heteroatoms. The van der Waals surface area contributed by atoms with Gasteiger partial charge in [-0.15, -0.1) is 0 Å². The Balaban J connectivity index is 2.46. The molecule has 1 aliphatic rings. The van der Waals surface area contributed by atoms with E-state index in [4.69, 9.17) is 15.4 Å². The molecule has 6 nitrogen and oxygen atoms in total. The van der Waals surface area contributed by atoms with Gasteiger partial charge >= 0.3 is 0 Å². The van der Waals surface area contributed by atoms with E-state index in [9.17, 15) is 16.8 Å². The fraction of sp³-hybridized carbons (Fsp3) is 0.455. The number of ether oxygens (including phenoxy) is 1. The zero-order chi connectivity index (χ0) is 15.0. The van der Waals surface area contributed by atoms with Crippen molar-refractivity contribution >= 4 is 29.8 Å². The van der Waals surface area contributed by atoms with Crippen LogP contribution >= 0.6 is 10.7 Å². The van der Waals surface area contributed by atoms with Crippen molar-refractivity contribution in [3.8, 4) is 0 Å². The number of methoxy groups -OCH3 is 1. The van der Waals surface area contributed by atoms with Crippen molar-refractivity contribution in [2.24, 2.45) is 0 Å². The minimum absolute atomic E-state index is 0.176. The number of hydrogen-bond acceptors (Lipinski definition) is 5. The van der Waals surface area contributed by atoms with Gasteiger partial charge in [0.1, 0.15) is 9.79 Å². The van der Waals surface area contributed by atoms with Crippen LogP contribution < -0.4 is 0 Å². The molecule has 0 radical (unpaired) electrons. The third kappa shape index (κ3) is 2.99. The summed E-state index contributed by atoms with van der Waals surface area (Å²) >= 11 is 0. The van der Waals surface area contributed by atoms with Crippen molar-refractivity contribution in [3.05, 3.63) is 24.3 Å². The van der Waals surface area contributed by atoms with Gasteiger partial charge in [-0.3, -0.25) is 0 Å². The van der Waals surface area contributed by atoms with Crippen molar-refractivity contribution in [1.82, 2.24) is 4.31 Å². The van der Waals surface area contributed by atoms with Gasteiger partial charge in [0, 0.05) is 30.9 Å². The molecule has 1 aromatic carbocycles. The van der Waals surface area contributed by atoms with E-state index < -0.39 is 24.0 Å². The van der Waals surface area contributed by atoms with E-state index >= 15 is 0 Å². The molecule has 1 aromatic rings. The first-order valence-corrected chi connectivity index (χ1v) is 9.58. The summed E-state index contributed by atoms with van der Waals surface area (Å²) in [6.45, 7) is 0.493. The average molecular weight is 340 g/mol. The van der Waals surface area contributed by atoms with Gasteiger partial charge in [-0.25, -0.2) is 16.8 Å². The second-order valence-corrected chi connectivity index (χ2v) is 8.83. The van der Waals surface area contributed by atoms with Crippen molar-refractivity contribution in [3.63, 3.8) is 0 Å². The smallest absolute Gasteiger partial charge is 0.262 e. The Morgan fingerprint density at radius 3 is 2.30 bits per heavy atom. The molecule has 1 fully saturated rings. The lowest BCUT2D eigenvalue weighted by Crippen LogP contribution is -2.30. The SMILES string of the molecule is COC1CCN(S(=O)(=O)c2ccccc2S(=O)(=O)Cl)C1. The minimum Gasteiger partial charge on any atom is -0.380 e. The van der Waals surface area contributed by atoms with E-state index in [2.05, 4.69) is 0 Å². The van der Waals surface area contributed by atoms with Gasteiger partial charge in [0.25, 0.3) is 9.05 Å². The number of rotatable bonds is 4. The number of nitrogens with zero attached hydrogens (tertiary/aromatic N) is 1. The second-order valence-electron chi connectivity index (χ2n) is 4.39. The molecule has 0 saturated carbocycles. The highest BCUT2D eigenvalue weighted by Gasteiger charge is 2.35. The van der Waals surface area contributed by atoms with Crippen LogP contribution in [0.4, 0.5) is 0 Å². The highest BCUT2D eigenvalue weighted by Crippen LogP contribution is 2.28. The van der Waals surface area contributed by atoms with Crippen LogP contribution in [-0.2, 0) is 23.8 Å². The highest BCUT2D eigenvalue weighted by molar-refractivity contribution is 8.14. The summed E-state index contributed by atoms with van der Waals surface area (Å²) in [5.41, 5.74) is 0. The first kappa shape index (κ1) is 15.7. The molecule has 0 bridgehead atoms. The summed E-state index contributed by atoms with van der Waals surface area (Å²) in [7, 11) is -1.23. The monoisotopic (exact) mass is 339 g/mol. The second kappa shape index (κ2) is 5.61. The van der Waals surface area contributed by atoms with Crippen LogP contribution in [0.15, 0.2) is 34.1 Å². The summed E-state index contributed by atoms with van der Waals surface area (Å²) in [6.07, 6.45) is 0.399. The molecule has 2 rings (SSSR count). The molecule has 0 aliphatic carbocycles. The first-order valence-electron chi connectivity index (χ1n) is 5.83. The third-order valence-electron chi connectivity index (χ3n) is 3.17. The maximum atomic E-state index is 12.5. The minimum atomic E-state index is -4.13. The summed E-state index contributed by atoms with van der Waals surface area (Å²) in [5, 5.41) is 0. The highest BCUT2D eigenvalue weighted by atomic mass is 35.7. The molecule has 1 saturated heterocycles. The van der Waals surface area contributed by atoms with Crippen LogP contribution in [-0.4, -0.2) is 47.4 Å². The molecule has 0 amide bonds. The zero-order valence-corrected chi connectivity index (χ0v) is 13.1. The lowest BCUT2D eigenvalue weighted by atomic mass is 10.3. The maximum absolute atomic E-state index is 12.5. The van der Waals surface area contributed by atoms with E-state index in [0.29, 0.717) is 6.42 Å². The van der Waals surface area contributed by atoms with Gasteiger partial charge in [0.15, 0.2) is 0 Å². The number of benzene rings is 1. The summed E-state index contributed by atoms with van der Waals surface area (Å²) < 4.78 is 54.3. The Labute approximate surface area is 122 Å². The predicted octanol–water partition coefficient (Wildman–Crippen LogP) is 1.02. The Morgan fingerprint density at radius 2 is 1.80 bits per heavy atom. The zero-order valence-electron chi connectivity index (χ0n) is 10.7. The van der Waals surface area contributed by atoms with E-state index in [1.165, 1.54) is 35.7 Å². The quantitative estimate of drug-likeness (QED) is 0.765. The molecular formula is C11H14ClNO5S2. The molecule has 1 heterocycles. The van der Waals surface area contributed by atoms with Crippen molar-refractivity contribution < 1.29 is 21.6 Å². The maximum Gasteiger partial charge on any atom is 0.262 e. The van der Waals surface area contributed by atoms with Crippen LogP contribution in [0.1, 0.15) is 6.42 Å². The molecule has 1 atom stereocenters. The standard InChI is InChI=1S/C11H14ClNO5S2/c1-18-9-6-7-13(8-9)20(16,17)11-5-3-2-4-10(11)19(12,14)15/h2-5,9H,6-8H2,1H3. The predicted molar refractivity (Wildman–Crippen MR) is 73.7 cm³/mol. The van der Waals surface area contributed by atoms with Gasteiger partial charge in [-0.05, 0) is 18.6 Å². The molecule has 1 unspecified atom stereocenters. The average Bonchev–Trinajstić information content (AvgIpc) is 2.87. The fourth-order valence-corrected chi connectivity index (χ4v) is 5.41. The lowest BCUT2D eigenvalue weighted by Gasteiger charge is -2.17. The van der Waals surface area contributed by atoms with Crippen molar-refractivity contribution in [1.29, 1.82) is 0 Å².